The summed E-state index contributed by atoms with van der Waals surface area (Å²) < 4.78 is 1.72. The summed E-state index contributed by atoms with van der Waals surface area (Å²) in [5, 5.41) is 16.8. The van der Waals surface area contributed by atoms with Crippen LogP contribution in [0, 0.1) is 0 Å². The Bertz CT molecular complexity index is 634. The number of nitrogen functional groups attached to an aromatic ring is 1. The molecule has 20 heavy (non-hydrogen) atoms. The number of carbonyl (C=O) groups is 1. The summed E-state index contributed by atoms with van der Waals surface area (Å²) in [4.78, 5) is 12.0. The van der Waals surface area contributed by atoms with Gasteiger partial charge in [0, 0.05) is 25.4 Å². The number of nitrogens with one attached hydrogen (secondary N) is 1. The van der Waals surface area contributed by atoms with Gasteiger partial charge in [0.15, 0.2) is 5.75 Å². The predicted molar refractivity (Wildman–Crippen MR) is 76.3 cm³/mol. The standard InChI is InChI=1S/C14H18N4O2/c1-3-12-9(8-18(2)17-12)7-16-14(20)10-5-4-6-11(15)13(10)19/h4-6,8,19H,3,7,15H2,1-2H3,(H,16,20). The molecule has 0 spiro atoms. The van der Waals surface area contributed by atoms with Crippen LogP contribution in [0.2, 0.25) is 0 Å². The molecule has 0 fully saturated rings. The molecule has 6 nitrogen and oxygen atoms in total. The Morgan fingerprint density at radius 3 is 2.95 bits per heavy atom. The maximum atomic E-state index is 12.0. The number of benzene rings is 1. The van der Waals surface area contributed by atoms with E-state index < -0.39 is 0 Å². The van der Waals surface area contributed by atoms with Crippen LogP contribution in [-0.4, -0.2) is 20.8 Å². The third-order valence-corrected chi connectivity index (χ3v) is 3.08. The summed E-state index contributed by atoms with van der Waals surface area (Å²) >= 11 is 0. The summed E-state index contributed by atoms with van der Waals surface area (Å²) in [5.41, 5.74) is 7.85. The highest BCUT2D eigenvalue weighted by molar-refractivity contribution is 5.98. The summed E-state index contributed by atoms with van der Waals surface area (Å²) in [6.45, 7) is 2.38. The average molecular weight is 274 g/mol. The van der Waals surface area contributed by atoms with E-state index in [9.17, 15) is 9.90 Å². The first-order chi connectivity index (χ1) is 9.52. The van der Waals surface area contributed by atoms with E-state index in [2.05, 4.69) is 10.4 Å². The van der Waals surface area contributed by atoms with Crippen LogP contribution in [0.4, 0.5) is 5.69 Å². The second-order valence-electron chi connectivity index (χ2n) is 4.55. The number of phenols is 1. The number of anilines is 1. The lowest BCUT2D eigenvalue weighted by Crippen LogP contribution is -2.23. The Morgan fingerprint density at radius 1 is 1.50 bits per heavy atom. The fraction of sp³-hybridized carbons (Fsp3) is 0.286. The molecule has 0 aliphatic rings. The van der Waals surface area contributed by atoms with E-state index in [4.69, 9.17) is 5.73 Å². The van der Waals surface area contributed by atoms with Gasteiger partial charge in [-0.1, -0.05) is 13.0 Å². The topological polar surface area (TPSA) is 93.2 Å². The number of para-hydroxylation sites is 1. The van der Waals surface area contributed by atoms with Crippen molar-refractivity contribution in [3.05, 3.63) is 41.2 Å². The van der Waals surface area contributed by atoms with Gasteiger partial charge in [0.05, 0.1) is 16.9 Å². The number of aryl methyl sites for hydroxylation is 2. The van der Waals surface area contributed by atoms with Crippen molar-refractivity contribution in [1.29, 1.82) is 0 Å². The average Bonchev–Trinajstić information content (AvgIpc) is 2.79. The summed E-state index contributed by atoms with van der Waals surface area (Å²) in [6, 6.07) is 4.71. The summed E-state index contributed by atoms with van der Waals surface area (Å²) in [7, 11) is 1.84. The first-order valence-corrected chi connectivity index (χ1v) is 6.40. The van der Waals surface area contributed by atoms with Gasteiger partial charge in [-0.05, 0) is 18.6 Å². The molecule has 0 saturated heterocycles. The molecule has 0 unspecified atom stereocenters. The minimum absolute atomic E-state index is 0.173. The normalized spacial score (nSPS) is 10.5. The monoisotopic (exact) mass is 274 g/mol. The summed E-state index contributed by atoms with van der Waals surface area (Å²) in [6.07, 6.45) is 2.67. The van der Waals surface area contributed by atoms with E-state index in [0.29, 0.717) is 6.54 Å². The fourth-order valence-corrected chi connectivity index (χ4v) is 2.04. The molecule has 4 N–H and O–H groups in total. The molecule has 1 heterocycles. The number of rotatable bonds is 4. The molecular formula is C14H18N4O2. The molecule has 0 aliphatic carbocycles. The van der Waals surface area contributed by atoms with E-state index in [1.54, 1.807) is 16.8 Å². The number of hydrogen-bond acceptors (Lipinski definition) is 4. The minimum Gasteiger partial charge on any atom is -0.505 e. The van der Waals surface area contributed by atoms with Crippen molar-refractivity contribution in [2.24, 2.45) is 7.05 Å². The van der Waals surface area contributed by atoms with Crippen molar-refractivity contribution in [1.82, 2.24) is 15.1 Å². The highest BCUT2D eigenvalue weighted by Gasteiger charge is 2.14. The third kappa shape index (κ3) is 2.74. The van der Waals surface area contributed by atoms with Crippen LogP contribution >= 0.6 is 0 Å². The van der Waals surface area contributed by atoms with Gasteiger partial charge in [0.1, 0.15) is 0 Å². The lowest BCUT2D eigenvalue weighted by atomic mass is 10.1. The van der Waals surface area contributed by atoms with Gasteiger partial charge in [0.2, 0.25) is 0 Å². The highest BCUT2D eigenvalue weighted by atomic mass is 16.3. The van der Waals surface area contributed by atoms with Crippen molar-refractivity contribution in [2.45, 2.75) is 19.9 Å². The number of amides is 1. The van der Waals surface area contributed by atoms with Crippen molar-refractivity contribution in [3.63, 3.8) is 0 Å². The van der Waals surface area contributed by atoms with Crippen LogP contribution in [0.15, 0.2) is 24.4 Å². The number of phenolic OH excluding ortho intramolecular Hbond substituents is 1. The van der Waals surface area contributed by atoms with E-state index in [0.717, 1.165) is 17.7 Å². The Labute approximate surface area is 117 Å². The van der Waals surface area contributed by atoms with Crippen molar-refractivity contribution in [2.75, 3.05) is 5.73 Å². The molecule has 1 aromatic heterocycles. The maximum Gasteiger partial charge on any atom is 0.255 e. The van der Waals surface area contributed by atoms with Crippen LogP contribution in [0.3, 0.4) is 0 Å². The molecule has 2 aromatic rings. The molecule has 6 heteroatoms. The SMILES string of the molecule is CCc1nn(C)cc1CNC(=O)c1cccc(N)c1O. The lowest BCUT2D eigenvalue weighted by Gasteiger charge is -2.08. The van der Waals surface area contributed by atoms with Crippen molar-refractivity contribution < 1.29 is 9.90 Å². The Hall–Kier alpha value is -2.50. The Morgan fingerprint density at radius 2 is 2.25 bits per heavy atom. The van der Waals surface area contributed by atoms with Crippen LogP contribution in [0.1, 0.15) is 28.5 Å². The maximum absolute atomic E-state index is 12.0. The third-order valence-electron chi connectivity index (χ3n) is 3.08. The van der Waals surface area contributed by atoms with Crippen LogP contribution in [0.25, 0.3) is 0 Å². The molecule has 0 aliphatic heterocycles. The number of aromatic nitrogens is 2. The van der Waals surface area contributed by atoms with Gasteiger partial charge >= 0.3 is 0 Å². The molecular weight excluding hydrogens is 256 g/mol. The number of aromatic hydroxyl groups is 1. The van der Waals surface area contributed by atoms with Crippen molar-refractivity contribution >= 4 is 11.6 Å². The van der Waals surface area contributed by atoms with Gasteiger partial charge in [-0.2, -0.15) is 5.10 Å². The van der Waals surface area contributed by atoms with Gasteiger partial charge < -0.3 is 16.2 Å². The molecule has 106 valence electrons. The molecule has 2 rings (SSSR count). The number of nitrogens with two attached hydrogens (primary N) is 1. The molecule has 0 atom stereocenters. The van der Waals surface area contributed by atoms with E-state index in [1.165, 1.54) is 6.07 Å². The number of carbonyl (C=O) groups excluding carboxylic acids is 1. The van der Waals surface area contributed by atoms with Gasteiger partial charge in [-0.3, -0.25) is 9.48 Å². The first-order valence-electron chi connectivity index (χ1n) is 6.40. The van der Waals surface area contributed by atoms with Crippen LogP contribution in [-0.2, 0) is 20.0 Å². The number of nitrogens with zero attached hydrogens (tertiary/aromatic N) is 2. The quantitative estimate of drug-likeness (QED) is 0.577. The Balaban J connectivity index is 2.10. The highest BCUT2D eigenvalue weighted by Crippen LogP contribution is 2.24. The lowest BCUT2D eigenvalue weighted by molar-refractivity contribution is 0.0948. The molecule has 0 bridgehead atoms. The van der Waals surface area contributed by atoms with Crippen LogP contribution in [0.5, 0.6) is 5.75 Å². The fourth-order valence-electron chi connectivity index (χ4n) is 2.04. The van der Waals surface area contributed by atoms with E-state index in [1.807, 2.05) is 20.2 Å². The zero-order valence-electron chi connectivity index (χ0n) is 11.6. The molecule has 1 aromatic carbocycles. The zero-order valence-corrected chi connectivity index (χ0v) is 11.6. The van der Waals surface area contributed by atoms with E-state index >= 15 is 0 Å². The van der Waals surface area contributed by atoms with Crippen molar-refractivity contribution in [3.8, 4) is 5.75 Å². The predicted octanol–water partition coefficient (Wildman–Crippen LogP) is 1.20. The summed E-state index contributed by atoms with van der Waals surface area (Å²) in [5.74, 6) is -0.549. The van der Waals surface area contributed by atoms with Crippen LogP contribution < -0.4 is 11.1 Å². The molecule has 0 saturated carbocycles. The van der Waals surface area contributed by atoms with E-state index in [-0.39, 0.29) is 22.9 Å². The number of hydrogen-bond donors (Lipinski definition) is 3. The second kappa shape index (κ2) is 5.64. The first kappa shape index (κ1) is 13.9. The second-order valence-corrected chi connectivity index (χ2v) is 4.55. The smallest absolute Gasteiger partial charge is 0.255 e. The molecule has 0 radical (unpaired) electrons. The minimum atomic E-state index is -0.360. The molecule has 1 amide bonds. The van der Waals surface area contributed by atoms with Gasteiger partial charge in [-0.15, -0.1) is 0 Å². The van der Waals surface area contributed by atoms with Gasteiger partial charge in [0.25, 0.3) is 5.91 Å². The zero-order chi connectivity index (χ0) is 14.7. The largest absolute Gasteiger partial charge is 0.505 e. The Kier molecular flexibility index (Phi) is 3.93. The van der Waals surface area contributed by atoms with Gasteiger partial charge in [-0.25, -0.2) is 0 Å².